The lowest BCUT2D eigenvalue weighted by atomic mass is 10.1. The fraction of sp³-hybridized carbons (Fsp3) is 0.222. The maximum absolute atomic E-state index is 13.6. The summed E-state index contributed by atoms with van der Waals surface area (Å²) in [6.45, 7) is 4.39. The average molecular weight is 508 g/mol. The van der Waals surface area contributed by atoms with Crippen molar-refractivity contribution in [1.29, 1.82) is 0 Å². The zero-order valence-electron chi connectivity index (χ0n) is 20.0. The molecule has 7 nitrogen and oxygen atoms in total. The van der Waals surface area contributed by atoms with Crippen LogP contribution in [0.5, 0.6) is 5.75 Å². The molecule has 1 aromatic heterocycles. The summed E-state index contributed by atoms with van der Waals surface area (Å²) in [5, 5.41) is -0.164. The number of anilines is 2. The van der Waals surface area contributed by atoms with E-state index < -0.39 is 15.7 Å². The molecule has 2 heterocycles. The van der Waals surface area contributed by atoms with Crippen LogP contribution in [-0.4, -0.2) is 46.7 Å². The first kappa shape index (κ1) is 23.9. The number of halogens is 1. The van der Waals surface area contributed by atoms with Crippen molar-refractivity contribution in [3.8, 4) is 17.2 Å². The number of piperazine rings is 1. The molecule has 36 heavy (non-hydrogen) atoms. The Morgan fingerprint density at radius 1 is 0.861 bits per heavy atom. The van der Waals surface area contributed by atoms with E-state index in [0.29, 0.717) is 31.7 Å². The van der Waals surface area contributed by atoms with E-state index in [1.165, 1.54) is 12.1 Å². The summed E-state index contributed by atoms with van der Waals surface area (Å²) in [4.78, 5) is 8.53. The van der Waals surface area contributed by atoms with Crippen LogP contribution in [0.1, 0.15) is 5.56 Å². The number of oxazole rings is 1. The standard InChI is InChI=1S/C27H26FN3O4S/c1-19-3-5-20(6-4-19)25-29-26(36(32,33)24-13-7-21(28)8-14-24)27(35-25)31-17-15-30(16-18-31)22-9-11-23(34-2)12-10-22/h3-14H,15-18H2,1-2H3. The number of aryl methyl sites for hydroxylation is 1. The van der Waals surface area contributed by atoms with E-state index in [-0.39, 0.29) is 21.7 Å². The predicted molar refractivity (Wildman–Crippen MR) is 136 cm³/mol. The van der Waals surface area contributed by atoms with Gasteiger partial charge in [-0.15, -0.1) is 0 Å². The van der Waals surface area contributed by atoms with E-state index in [2.05, 4.69) is 9.88 Å². The highest BCUT2D eigenvalue weighted by Gasteiger charge is 2.33. The van der Waals surface area contributed by atoms with Crippen molar-refractivity contribution in [2.45, 2.75) is 16.8 Å². The number of aromatic nitrogens is 1. The third-order valence-electron chi connectivity index (χ3n) is 6.26. The van der Waals surface area contributed by atoms with Crippen molar-refractivity contribution in [1.82, 2.24) is 4.98 Å². The number of sulfone groups is 1. The molecule has 1 aliphatic heterocycles. The summed E-state index contributed by atoms with van der Waals surface area (Å²) >= 11 is 0. The van der Waals surface area contributed by atoms with E-state index in [0.717, 1.165) is 29.1 Å². The van der Waals surface area contributed by atoms with Gasteiger partial charge in [-0.05, 0) is 67.6 Å². The summed E-state index contributed by atoms with van der Waals surface area (Å²) in [6.07, 6.45) is 0. The normalized spacial score (nSPS) is 14.2. The minimum atomic E-state index is -4.05. The molecule has 3 aromatic carbocycles. The van der Waals surface area contributed by atoms with Gasteiger partial charge < -0.3 is 19.0 Å². The van der Waals surface area contributed by atoms with Gasteiger partial charge in [0.15, 0.2) is 0 Å². The van der Waals surface area contributed by atoms with Crippen LogP contribution in [0.2, 0.25) is 0 Å². The molecule has 1 fully saturated rings. The summed E-state index contributed by atoms with van der Waals surface area (Å²) in [7, 11) is -2.41. The topological polar surface area (TPSA) is 75.9 Å². The van der Waals surface area contributed by atoms with Crippen molar-refractivity contribution >= 4 is 21.4 Å². The van der Waals surface area contributed by atoms with Crippen LogP contribution in [0.3, 0.4) is 0 Å². The number of benzene rings is 3. The Hall–Kier alpha value is -3.85. The van der Waals surface area contributed by atoms with Crippen molar-refractivity contribution in [2.24, 2.45) is 0 Å². The van der Waals surface area contributed by atoms with Gasteiger partial charge in [0, 0.05) is 37.4 Å². The molecule has 0 amide bonds. The van der Waals surface area contributed by atoms with Crippen LogP contribution < -0.4 is 14.5 Å². The first-order chi connectivity index (χ1) is 17.3. The molecule has 5 rings (SSSR count). The molecule has 0 atom stereocenters. The summed E-state index contributed by atoms with van der Waals surface area (Å²) in [6, 6.07) is 20.1. The third-order valence-corrected chi connectivity index (χ3v) is 7.93. The van der Waals surface area contributed by atoms with Crippen LogP contribution >= 0.6 is 0 Å². The van der Waals surface area contributed by atoms with Gasteiger partial charge >= 0.3 is 0 Å². The largest absolute Gasteiger partial charge is 0.497 e. The molecule has 0 spiro atoms. The van der Waals surface area contributed by atoms with Gasteiger partial charge in [0.05, 0.1) is 12.0 Å². The van der Waals surface area contributed by atoms with Crippen LogP contribution in [-0.2, 0) is 9.84 Å². The maximum atomic E-state index is 13.6. The molecule has 4 aromatic rings. The first-order valence-corrected chi connectivity index (χ1v) is 13.1. The zero-order valence-corrected chi connectivity index (χ0v) is 20.8. The summed E-state index contributed by atoms with van der Waals surface area (Å²) < 4.78 is 51.9. The molecule has 0 aliphatic carbocycles. The molecule has 0 unspecified atom stereocenters. The van der Waals surface area contributed by atoms with Crippen molar-refractivity contribution in [3.63, 3.8) is 0 Å². The quantitative estimate of drug-likeness (QED) is 0.342. The van der Waals surface area contributed by atoms with E-state index in [9.17, 15) is 12.8 Å². The van der Waals surface area contributed by atoms with Gasteiger partial charge in [-0.25, -0.2) is 12.8 Å². The van der Waals surface area contributed by atoms with Gasteiger partial charge in [0.2, 0.25) is 26.6 Å². The maximum Gasteiger partial charge on any atom is 0.236 e. The monoisotopic (exact) mass is 507 g/mol. The number of hydrogen-bond acceptors (Lipinski definition) is 7. The van der Waals surface area contributed by atoms with Crippen LogP contribution in [0.25, 0.3) is 11.5 Å². The number of methoxy groups -OCH3 is 1. The Morgan fingerprint density at radius 3 is 2.08 bits per heavy atom. The smallest absolute Gasteiger partial charge is 0.236 e. The van der Waals surface area contributed by atoms with Crippen LogP contribution in [0.15, 0.2) is 87.1 Å². The molecule has 186 valence electrons. The van der Waals surface area contributed by atoms with Gasteiger partial charge in [-0.1, -0.05) is 17.7 Å². The van der Waals surface area contributed by atoms with Gasteiger partial charge in [0.25, 0.3) is 0 Å². The van der Waals surface area contributed by atoms with Crippen molar-refractivity contribution in [2.75, 3.05) is 43.1 Å². The van der Waals surface area contributed by atoms with E-state index in [1.807, 2.05) is 60.4 Å². The number of hydrogen-bond donors (Lipinski definition) is 0. The molecule has 9 heteroatoms. The molecule has 0 saturated carbocycles. The summed E-state index contributed by atoms with van der Waals surface area (Å²) in [5.41, 5.74) is 2.81. The highest BCUT2D eigenvalue weighted by Crippen LogP contribution is 2.35. The minimum Gasteiger partial charge on any atom is -0.497 e. The number of nitrogens with zero attached hydrogens (tertiary/aromatic N) is 3. The molecule has 0 radical (unpaired) electrons. The Morgan fingerprint density at radius 2 is 1.47 bits per heavy atom. The highest BCUT2D eigenvalue weighted by atomic mass is 32.2. The van der Waals surface area contributed by atoms with Gasteiger partial charge in [0.1, 0.15) is 11.6 Å². The van der Waals surface area contributed by atoms with Gasteiger partial charge in [-0.3, -0.25) is 0 Å². The first-order valence-electron chi connectivity index (χ1n) is 11.6. The molecule has 0 bridgehead atoms. The Labute approximate surface area is 209 Å². The SMILES string of the molecule is COc1ccc(N2CCN(c3oc(-c4ccc(C)cc4)nc3S(=O)(=O)c3ccc(F)cc3)CC2)cc1. The fourth-order valence-electron chi connectivity index (χ4n) is 4.18. The second-order valence-electron chi connectivity index (χ2n) is 8.62. The van der Waals surface area contributed by atoms with Crippen molar-refractivity contribution < 1.29 is 22.0 Å². The minimum absolute atomic E-state index is 0.0363. The second-order valence-corrected chi connectivity index (χ2v) is 10.5. The molecule has 1 saturated heterocycles. The Bertz CT molecular complexity index is 1440. The molecular formula is C27H26FN3O4S. The lowest BCUT2D eigenvalue weighted by Gasteiger charge is -2.36. The lowest BCUT2D eigenvalue weighted by Crippen LogP contribution is -2.46. The zero-order chi connectivity index (χ0) is 25.3. The molecule has 0 N–H and O–H groups in total. The molecular weight excluding hydrogens is 481 g/mol. The third kappa shape index (κ3) is 4.66. The van der Waals surface area contributed by atoms with Crippen molar-refractivity contribution in [3.05, 3.63) is 84.2 Å². The van der Waals surface area contributed by atoms with Gasteiger partial charge in [-0.2, -0.15) is 4.98 Å². The highest BCUT2D eigenvalue weighted by molar-refractivity contribution is 7.91. The van der Waals surface area contributed by atoms with E-state index >= 15 is 0 Å². The fourth-order valence-corrected chi connectivity index (χ4v) is 5.50. The number of ether oxygens (including phenoxy) is 1. The summed E-state index contributed by atoms with van der Waals surface area (Å²) in [5.74, 6) is 0.704. The number of rotatable bonds is 6. The van der Waals surface area contributed by atoms with Crippen LogP contribution in [0, 0.1) is 12.7 Å². The lowest BCUT2D eigenvalue weighted by molar-refractivity contribution is 0.415. The predicted octanol–water partition coefficient (Wildman–Crippen LogP) is 4.96. The van der Waals surface area contributed by atoms with Crippen LogP contribution in [0.4, 0.5) is 16.0 Å². The Kier molecular flexibility index (Phi) is 6.40. The second kappa shape index (κ2) is 9.66. The average Bonchev–Trinajstić information content (AvgIpc) is 3.36. The Balaban J connectivity index is 1.48. The van der Waals surface area contributed by atoms with E-state index in [4.69, 9.17) is 9.15 Å². The van der Waals surface area contributed by atoms with E-state index in [1.54, 1.807) is 7.11 Å². The molecule has 1 aliphatic rings.